The van der Waals surface area contributed by atoms with Gasteiger partial charge in [0.05, 0.1) is 29.1 Å². The number of rotatable bonds is 5. The van der Waals surface area contributed by atoms with Crippen molar-refractivity contribution in [1.29, 1.82) is 0 Å². The summed E-state index contributed by atoms with van der Waals surface area (Å²) in [5, 5.41) is 8.89. The molecule has 0 aliphatic heterocycles. The van der Waals surface area contributed by atoms with Gasteiger partial charge in [-0.3, -0.25) is 4.98 Å². The number of halogens is 1. The zero-order valence-corrected chi connectivity index (χ0v) is 14.3. The van der Waals surface area contributed by atoms with Gasteiger partial charge in [0, 0.05) is 18.1 Å². The second-order valence-electron chi connectivity index (χ2n) is 5.07. The number of nitrogens with zero attached hydrogens (tertiary/aromatic N) is 3. The summed E-state index contributed by atoms with van der Waals surface area (Å²) in [5.41, 5.74) is 2.38. The van der Waals surface area contributed by atoms with Crippen LogP contribution in [-0.4, -0.2) is 35.0 Å². The molecule has 2 amide bonds. The molecule has 0 saturated carbocycles. The van der Waals surface area contributed by atoms with Gasteiger partial charge in [-0.05, 0) is 26.6 Å². The first-order valence-electron chi connectivity index (χ1n) is 6.68. The number of carbonyl (C=O) groups excluding carboxylic acids is 1. The maximum atomic E-state index is 11.9. The van der Waals surface area contributed by atoms with E-state index in [0.29, 0.717) is 17.3 Å². The summed E-state index contributed by atoms with van der Waals surface area (Å²) in [4.78, 5) is 22.4. The van der Waals surface area contributed by atoms with E-state index in [1.807, 2.05) is 31.3 Å². The third-order valence-electron chi connectivity index (χ3n) is 2.88. The summed E-state index contributed by atoms with van der Waals surface area (Å²) in [6.07, 6.45) is 3.11. The summed E-state index contributed by atoms with van der Waals surface area (Å²) in [5.74, 6) is 0. The quantitative estimate of drug-likeness (QED) is 0.878. The van der Waals surface area contributed by atoms with Gasteiger partial charge >= 0.3 is 6.03 Å². The van der Waals surface area contributed by atoms with Gasteiger partial charge in [0.1, 0.15) is 5.01 Å². The lowest BCUT2D eigenvalue weighted by atomic mass is 10.2. The Labute approximate surface area is 138 Å². The van der Waals surface area contributed by atoms with Crippen LogP contribution in [0.2, 0.25) is 5.02 Å². The van der Waals surface area contributed by atoms with Crippen molar-refractivity contribution in [3.63, 3.8) is 0 Å². The molecule has 0 radical (unpaired) electrons. The van der Waals surface area contributed by atoms with Crippen LogP contribution in [0.1, 0.15) is 16.3 Å². The summed E-state index contributed by atoms with van der Waals surface area (Å²) >= 11 is 7.50. The maximum Gasteiger partial charge on any atom is 0.319 e. The van der Waals surface area contributed by atoms with Crippen LogP contribution in [0, 0.1) is 6.92 Å². The number of aromatic nitrogens is 2. The highest BCUT2D eigenvalue weighted by Crippen LogP contribution is 2.21. The lowest BCUT2D eigenvalue weighted by molar-refractivity contribution is 0.251. The molecule has 0 spiro atoms. The average Bonchev–Trinajstić information content (AvgIpc) is 2.88. The van der Waals surface area contributed by atoms with E-state index < -0.39 is 0 Å². The first-order valence-corrected chi connectivity index (χ1v) is 7.94. The summed E-state index contributed by atoms with van der Waals surface area (Å²) in [7, 11) is 3.98. The van der Waals surface area contributed by atoms with Gasteiger partial charge in [0.2, 0.25) is 0 Å². The zero-order chi connectivity index (χ0) is 16.1. The zero-order valence-electron chi connectivity index (χ0n) is 12.7. The van der Waals surface area contributed by atoms with E-state index in [2.05, 4.69) is 20.6 Å². The number of urea groups is 1. The molecular formula is C14H18ClN5OS. The molecule has 118 valence electrons. The van der Waals surface area contributed by atoms with Crippen LogP contribution >= 0.6 is 22.9 Å². The molecule has 2 aromatic rings. The number of hydrogen-bond donors (Lipinski definition) is 2. The lowest BCUT2D eigenvalue weighted by Gasteiger charge is -2.09. The predicted octanol–water partition coefficient (Wildman–Crippen LogP) is 2.88. The van der Waals surface area contributed by atoms with Crippen LogP contribution in [0.5, 0.6) is 0 Å². The highest BCUT2D eigenvalue weighted by Gasteiger charge is 2.08. The van der Waals surface area contributed by atoms with E-state index in [9.17, 15) is 4.79 Å². The Morgan fingerprint density at radius 1 is 1.41 bits per heavy atom. The van der Waals surface area contributed by atoms with Crippen LogP contribution < -0.4 is 10.6 Å². The van der Waals surface area contributed by atoms with Gasteiger partial charge in [-0.2, -0.15) is 0 Å². The van der Waals surface area contributed by atoms with Crippen molar-refractivity contribution in [2.75, 3.05) is 19.4 Å². The molecule has 22 heavy (non-hydrogen) atoms. The molecule has 0 aliphatic rings. The molecule has 0 aromatic carbocycles. The van der Waals surface area contributed by atoms with Crippen LogP contribution in [-0.2, 0) is 13.1 Å². The fourth-order valence-corrected chi connectivity index (χ4v) is 2.66. The summed E-state index contributed by atoms with van der Waals surface area (Å²) in [6.45, 7) is 3.00. The second-order valence-corrected chi connectivity index (χ2v) is 6.42. The minimum absolute atomic E-state index is 0.309. The van der Waals surface area contributed by atoms with Crippen molar-refractivity contribution < 1.29 is 4.79 Å². The van der Waals surface area contributed by atoms with Crippen molar-refractivity contribution >= 4 is 34.7 Å². The smallest absolute Gasteiger partial charge is 0.319 e. The van der Waals surface area contributed by atoms with Crippen molar-refractivity contribution in [1.82, 2.24) is 20.2 Å². The number of anilines is 1. The molecule has 2 rings (SSSR count). The highest BCUT2D eigenvalue weighted by atomic mass is 35.5. The van der Waals surface area contributed by atoms with E-state index >= 15 is 0 Å². The van der Waals surface area contributed by atoms with Crippen molar-refractivity contribution in [2.24, 2.45) is 0 Å². The largest absolute Gasteiger partial charge is 0.331 e. The van der Waals surface area contributed by atoms with Gasteiger partial charge < -0.3 is 15.5 Å². The van der Waals surface area contributed by atoms with Gasteiger partial charge in [-0.1, -0.05) is 11.6 Å². The van der Waals surface area contributed by atoms with E-state index in [4.69, 9.17) is 11.6 Å². The Morgan fingerprint density at radius 2 is 2.18 bits per heavy atom. The summed E-state index contributed by atoms with van der Waals surface area (Å²) in [6, 6.07) is -0.309. The first kappa shape index (κ1) is 16.7. The van der Waals surface area contributed by atoms with Crippen LogP contribution in [0.25, 0.3) is 0 Å². The van der Waals surface area contributed by atoms with Gasteiger partial charge in [0.25, 0.3) is 0 Å². The summed E-state index contributed by atoms with van der Waals surface area (Å²) < 4.78 is 0. The first-order chi connectivity index (χ1) is 10.5. The van der Waals surface area contributed by atoms with Gasteiger partial charge in [0.15, 0.2) is 0 Å². The Hall–Kier alpha value is -1.70. The SMILES string of the molecule is Cc1c(Cl)cncc1NC(=O)NCc1nc(CN(C)C)cs1. The highest BCUT2D eigenvalue weighted by molar-refractivity contribution is 7.09. The Morgan fingerprint density at radius 3 is 2.91 bits per heavy atom. The standard InChI is InChI=1S/C14H18ClN5OS/c1-9-11(15)4-16-5-12(9)19-14(21)17-6-13-18-10(8-22-13)7-20(2)3/h4-5,8H,6-7H2,1-3H3,(H2,17,19,21). The Bertz CT molecular complexity index is 658. The van der Waals surface area contributed by atoms with Crippen molar-refractivity contribution in [3.8, 4) is 0 Å². The van der Waals surface area contributed by atoms with Crippen LogP contribution in [0.4, 0.5) is 10.5 Å². The number of hydrogen-bond acceptors (Lipinski definition) is 5. The van der Waals surface area contributed by atoms with Crippen molar-refractivity contribution in [3.05, 3.63) is 39.1 Å². The van der Waals surface area contributed by atoms with Crippen molar-refractivity contribution in [2.45, 2.75) is 20.0 Å². The number of thiazole rings is 1. The Kier molecular flexibility index (Phi) is 5.70. The topological polar surface area (TPSA) is 70.1 Å². The molecule has 0 saturated heterocycles. The fraction of sp³-hybridized carbons (Fsp3) is 0.357. The van der Waals surface area contributed by atoms with E-state index in [0.717, 1.165) is 22.8 Å². The monoisotopic (exact) mass is 339 g/mol. The molecule has 0 aliphatic carbocycles. The average molecular weight is 340 g/mol. The van der Waals surface area contributed by atoms with E-state index in [1.165, 1.54) is 11.3 Å². The number of nitrogens with one attached hydrogen (secondary N) is 2. The van der Waals surface area contributed by atoms with E-state index in [-0.39, 0.29) is 6.03 Å². The maximum absolute atomic E-state index is 11.9. The van der Waals surface area contributed by atoms with Gasteiger partial charge in [-0.15, -0.1) is 11.3 Å². The van der Waals surface area contributed by atoms with Crippen LogP contribution in [0.15, 0.2) is 17.8 Å². The number of pyridine rings is 1. The molecule has 2 heterocycles. The number of amides is 2. The third kappa shape index (κ3) is 4.66. The minimum Gasteiger partial charge on any atom is -0.331 e. The second kappa shape index (κ2) is 7.53. The lowest BCUT2D eigenvalue weighted by Crippen LogP contribution is -2.28. The molecule has 2 aromatic heterocycles. The van der Waals surface area contributed by atoms with E-state index in [1.54, 1.807) is 12.4 Å². The number of carbonyl (C=O) groups is 1. The third-order valence-corrected chi connectivity index (χ3v) is 4.16. The predicted molar refractivity (Wildman–Crippen MR) is 89.3 cm³/mol. The molecule has 0 atom stereocenters. The molecular weight excluding hydrogens is 322 g/mol. The fourth-order valence-electron chi connectivity index (χ4n) is 1.77. The molecule has 0 unspecified atom stereocenters. The normalized spacial score (nSPS) is 10.8. The Balaban J connectivity index is 1.87. The minimum atomic E-state index is -0.309. The molecule has 0 bridgehead atoms. The molecule has 0 fully saturated rings. The molecule has 2 N–H and O–H groups in total. The molecule has 6 nitrogen and oxygen atoms in total. The van der Waals surface area contributed by atoms with Crippen LogP contribution in [0.3, 0.4) is 0 Å². The molecule has 8 heteroatoms. The van der Waals surface area contributed by atoms with Gasteiger partial charge in [-0.25, -0.2) is 9.78 Å².